The van der Waals surface area contributed by atoms with E-state index in [0.29, 0.717) is 12.0 Å². The first-order valence-corrected chi connectivity index (χ1v) is 12.6. The van der Waals surface area contributed by atoms with Gasteiger partial charge in [-0.1, -0.05) is 12.6 Å². The van der Waals surface area contributed by atoms with Gasteiger partial charge in [0.1, 0.15) is 17.5 Å². The van der Waals surface area contributed by atoms with E-state index in [1.54, 1.807) is 0 Å². The van der Waals surface area contributed by atoms with Gasteiger partial charge in [-0.3, -0.25) is 9.89 Å². The molecule has 2 aromatic heterocycles. The molecule has 0 unspecified atom stereocenters. The van der Waals surface area contributed by atoms with Crippen molar-refractivity contribution in [1.29, 1.82) is 5.26 Å². The van der Waals surface area contributed by atoms with Gasteiger partial charge in [0.25, 0.3) is 0 Å². The summed E-state index contributed by atoms with van der Waals surface area (Å²) in [4.78, 5) is 21.3. The Balaban J connectivity index is 1.51. The number of pyridine rings is 1. The molecule has 1 amide bonds. The van der Waals surface area contributed by atoms with E-state index in [-0.39, 0.29) is 23.5 Å². The molecule has 184 valence electrons. The zero-order valence-electron chi connectivity index (χ0n) is 21.0. The van der Waals surface area contributed by atoms with Crippen LogP contribution in [0.1, 0.15) is 48.8 Å². The first-order chi connectivity index (χ1) is 17.3. The summed E-state index contributed by atoms with van der Waals surface area (Å²) in [5.41, 5.74) is 6.60. The number of rotatable bonds is 3. The monoisotopic (exact) mass is 482 g/mol. The maximum atomic E-state index is 12.0. The van der Waals surface area contributed by atoms with Gasteiger partial charge in [-0.05, 0) is 50.5 Å². The van der Waals surface area contributed by atoms with Crippen LogP contribution in [-0.2, 0) is 16.0 Å². The Kier molecular flexibility index (Phi) is 5.16. The molecule has 8 nitrogen and oxygen atoms in total. The average Bonchev–Trinajstić information content (AvgIpc) is 3.49. The third-order valence-corrected chi connectivity index (χ3v) is 8.09. The van der Waals surface area contributed by atoms with Crippen LogP contribution in [-0.4, -0.2) is 58.3 Å². The highest BCUT2D eigenvalue weighted by molar-refractivity contribution is 5.99. The summed E-state index contributed by atoms with van der Waals surface area (Å²) >= 11 is 0. The van der Waals surface area contributed by atoms with Crippen LogP contribution in [0.15, 0.2) is 31.0 Å². The fourth-order valence-electron chi connectivity index (χ4n) is 6.44. The lowest BCUT2D eigenvalue weighted by molar-refractivity contribution is -0.136. The molecule has 1 N–H and O–H groups in total. The standard InChI is InChI=1S/C28H30N6O2/c1-5-23(35)34-14-28(15-34)8-9-33(13-28)27-19(11-29)26(25-18(4)36-17(3)10-22(25)31-27)24-16(2)6-7-21-20(24)12-30-32-21/h5-7,12,17-18H,1,8-10,13-15H2,2-4H3,(H,30,32)/t17-,18+/m0/s1. The maximum Gasteiger partial charge on any atom is 0.245 e. The highest BCUT2D eigenvalue weighted by atomic mass is 16.5. The summed E-state index contributed by atoms with van der Waals surface area (Å²) < 4.78 is 6.25. The van der Waals surface area contributed by atoms with E-state index in [9.17, 15) is 10.1 Å². The van der Waals surface area contributed by atoms with Crippen LogP contribution in [0.25, 0.3) is 22.0 Å². The van der Waals surface area contributed by atoms with Crippen molar-refractivity contribution in [3.8, 4) is 17.2 Å². The molecule has 3 aliphatic rings. The summed E-state index contributed by atoms with van der Waals surface area (Å²) in [5.74, 6) is 0.732. The molecule has 1 aromatic carbocycles. The second kappa shape index (κ2) is 8.17. The molecule has 5 heterocycles. The van der Waals surface area contributed by atoms with Crippen LogP contribution in [0.5, 0.6) is 0 Å². The fourth-order valence-corrected chi connectivity index (χ4v) is 6.44. The molecule has 2 atom stereocenters. The van der Waals surface area contributed by atoms with Crippen LogP contribution in [0.2, 0.25) is 0 Å². The average molecular weight is 483 g/mol. The number of benzene rings is 1. The number of nitrogens with one attached hydrogen (secondary N) is 1. The molecule has 1 spiro atoms. The number of anilines is 1. The molecular weight excluding hydrogens is 452 g/mol. The highest BCUT2D eigenvalue weighted by Gasteiger charge is 2.49. The predicted octanol–water partition coefficient (Wildman–Crippen LogP) is 4.05. The Labute approximate surface area is 210 Å². The summed E-state index contributed by atoms with van der Waals surface area (Å²) in [6, 6.07) is 6.64. The van der Waals surface area contributed by atoms with Crippen molar-refractivity contribution in [2.45, 2.75) is 45.8 Å². The first-order valence-electron chi connectivity index (χ1n) is 12.6. The number of likely N-dealkylation sites (tertiary alicyclic amines) is 1. The largest absolute Gasteiger partial charge is 0.370 e. The lowest BCUT2D eigenvalue weighted by Crippen LogP contribution is -2.59. The van der Waals surface area contributed by atoms with E-state index >= 15 is 0 Å². The van der Waals surface area contributed by atoms with Gasteiger partial charge in [-0.15, -0.1) is 0 Å². The lowest BCUT2D eigenvalue weighted by atomic mass is 9.79. The summed E-state index contributed by atoms with van der Waals surface area (Å²) in [5, 5.41) is 18.9. The summed E-state index contributed by atoms with van der Waals surface area (Å²) in [7, 11) is 0. The maximum absolute atomic E-state index is 12.0. The Hall–Kier alpha value is -3.70. The van der Waals surface area contributed by atoms with E-state index in [2.05, 4.69) is 54.6 Å². The number of amides is 1. The molecule has 3 aromatic rings. The second-order valence-electron chi connectivity index (χ2n) is 10.6. The minimum absolute atomic E-state index is 0.0161. The molecule has 8 heteroatoms. The van der Waals surface area contributed by atoms with Crippen molar-refractivity contribution in [3.05, 3.63) is 53.4 Å². The van der Waals surface area contributed by atoms with Crippen molar-refractivity contribution < 1.29 is 9.53 Å². The van der Waals surface area contributed by atoms with E-state index in [1.807, 2.05) is 17.2 Å². The number of aromatic amines is 1. The van der Waals surface area contributed by atoms with E-state index in [0.717, 1.165) is 77.3 Å². The van der Waals surface area contributed by atoms with Gasteiger partial charge >= 0.3 is 0 Å². The SMILES string of the molecule is C=CC(=O)N1CC2(CCN(c3nc4c(c(-c5c(C)ccc6[nH]ncc56)c3C#N)[C@@H](C)O[C@@H](C)C4)C2)C1. The third kappa shape index (κ3) is 3.34. The molecule has 0 aliphatic carbocycles. The number of H-pyrrole nitrogens is 1. The smallest absolute Gasteiger partial charge is 0.245 e. The van der Waals surface area contributed by atoms with Gasteiger partial charge in [-0.25, -0.2) is 4.98 Å². The van der Waals surface area contributed by atoms with Crippen LogP contribution in [0.4, 0.5) is 5.82 Å². The number of fused-ring (bicyclic) bond motifs is 2. The number of carbonyl (C=O) groups excluding carboxylic acids is 1. The fraction of sp³-hybridized carbons (Fsp3) is 0.429. The second-order valence-corrected chi connectivity index (χ2v) is 10.6. The van der Waals surface area contributed by atoms with Gasteiger partial charge in [0, 0.05) is 54.5 Å². The summed E-state index contributed by atoms with van der Waals surface area (Å²) in [6.07, 6.45) is 4.77. The lowest BCUT2D eigenvalue weighted by Gasteiger charge is -2.47. The van der Waals surface area contributed by atoms with Crippen molar-refractivity contribution in [3.63, 3.8) is 0 Å². The van der Waals surface area contributed by atoms with Crippen LogP contribution >= 0.6 is 0 Å². The third-order valence-electron chi connectivity index (χ3n) is 8.09. The minimum atomic E-state index is -0.177. The molecule has 3 aliphatic heterocycles. The van der Waals surface area contributed by atoms with Gasteiger partial charge in [0.05, 0.1) is 29.6 Å². The van der Waals surface area contributed by atoms with E-state index in [4.69, 9.17) is 9.72 Å². The number of nitriles is 1. The summed E-state index contributed by atoms with van der Waals surface area (Å²) in [6.45, 7) is 12.9. The molecule has 0 saturated carbocycles. The zero-order chi connectivity index (χ0) is 25.2. The quantitative estimate of drug-likeness (QED) is 0.566. The minimum Gasteiger partial charge on any atom is -0.370 e. The van der Waals surface area contributed by atoms with Crippen molar-refractivity contribution in [2.75, 3.05) is 31.1 Å². The molecule has 6 rings (SSSR count). The Morgan fingerprint density at radius 2 is 2.11 bits per heavy atom. The molecular formula is C28H30N6O2. The van der Waals surface area contributed by atoms with Crippen LogP contribution in [0.3, 0.4) is 0 Å². The number of ether oxygens (including phenoxy) is 1. The van der Waals surface area contributed by atoms with E-state index < -0.39 is 0 Å². The number of hydrogen-bond acceptors (Lipinski definition) is 6. The zero-order valence-corrected chi connectivity index (χ0v) is 21.0. The predicted molar refractivity (Wildman–Crippen MR) is 137 cm³/mol. The molecule has 2 fully saturated rings. The number of hydrogen-bond donors (Lipinski definition) is 1. The molecule has 0 bridgehead atoms. The highest BCUT2D eigenvalue weighted by Crippen LogP contribution is 2.47. The number of aromatic nitrogens is 3. The molecule has 0 radical (unpaired) electrons. The molecule has 36 heavy (non-hydrogen) atoms. The Bertz CT molecular complexity index is 1440. The van der Waals surface area contributed by atoms with E-state index in [1.165, 1.54) is 6.08 Å². The van der Waals surface area contributed by atoms with Crippen LogP contribution < -0.4 is 4.90 Å². The van der Waals surface area contributed by atoms with Gasteiger partial charge < -0.3 is 14.5 Å². The van der Waals surface area contributed by atoms with Gasteiger partial charge in [-0.2, -0.15) is 10.4 Å². The normalized spacial score (nSPS) is 22.4. The number of aryl methyl sites for hydroxylation is 1. The Morgan fingerprint density at radius 3 is 2.86 bits per heavy atom. The van der Waals surface area contributed by atoms with Crippen molar-refractivity contribution in [2.24, 2.45) is 5.41 Å². The van der Waals surface area contributed by atoms with Crippen molar-refractivity contribution >= 4 is 22.6 Å². The van der Waals surface area contributed by atoms with Crippen molar-refractivity contribution in [1.82, 2.24) is 20.1 Å². The first kappa shape index (κ1) is 22.7. The van der Waals surface area contributed by atoms with Gasteiger partial charge in [0.2, 0.25) is 5.91 Å². The Morgan fingerprint density at radius 1 is 1.31 bits per heavy atom. The number of carbonyl (C=O) groups is 1. The van der Waals surface area contributed by atoms with Crippen LogP contribution in [0, 0.1) is 23.7 Å². The number of nitrogens with zero attached hydrogens (tertiary/aromatic N) is 5. The van der Waals surface area contributed by atoms with Gasteiger partial charge in [0.15, 0.2) is 0 Å². The topological polar surface area (TPSA) is 98.1 Å². The molecule has 2 saturated heterocycles.